The zero-order valence-corrected chi connectivity index (χ0v) is 15.1. The molecule has 1 aromatic heterocycles. The van der Waals surface area contributed by atoms with Gasteiger partial charge in [0, 0.05) is 19.2 Å². The van der Waals surface area contributed by atoms with Crippen LogP contribution in [0.15, 0.2) is 28.8 Å². The number of rotatable bonds is 5. The molecule has 1 N–H and O–H groups in total. The van der Waals surface area contributed by atoms with E-state index in [9.17, 15) is 4.79 Å². The van der Waals surface area contributed by atoms with Gasteiger partial charge in [-0.25, -0.2) is 4.79 Å². The summed E-state index contributed by atoms with van der Waals surface area (Å²) in [6, 6.07) is 8.00. The van der Waals surface area contributed by atoms with Crippen LogP contribution in [0.2, 0.25) is 0 Å². The molecule has 0 spiro atoms. The fourth-order valence-corrected chi connectivity index (χ4v) is 2.20. The highest BCUT2D eigenvalue weighted by Crippen LogP contribution is 2.25. The van der Waals surface area contributed by atoms with Gasteiger partial charge in [0.2, 0.25) is 11.7 Å². The molecule has 6 nitrogen and oxygen atoms in total. The van der Waals surface area contributed by atoms with Gasteiger partial charge in [-0.2, -0.15) is 4.98 Å². The van der Waals surface area contributed by atoms with Crippen molar-refractivity contribution in [3.63, 3.8) is 0 Å². The normalized spacial score (nSPS) is 11.4. The molecule has 24 heavy (non-hydrogen) atoms. The lowest BCUT2D eigenvalue weighted by Gasteiger charge is -2.18. The Bertz CT molecular complexity index is 671. The minimum Gasteiger partial charge on any atom is -0.338 e. The molecule has 2 aromatic rings. The third-order valence-electron chi connectivity index (χ3n) is 3.72. The largest absolute Gasteiger partial charge is 0.338 e. The number of carbonyl (C=O) groups is 1. The number of benzene rings is 1. The van der Waals surface area contributed by atoms with E-state index in [0.29, 0.717) is 18.3 Å². The van der Waals surface area contributed by atoms with Crippen LogP contribution in [0.4, 0.5) is 4.79 Å². The summed E-state index contributed by atoms with van der Waals surface area (Å²) in [5.41, 5.74) is 2.26. The average molecular weight is 330 g/mol. The molecular formula is C18H26N4O2. The Balaban J connectivity index is 2.04. The Morgan fingerprint density at radius 1 is 1.25 bits per heavy atom. The van der Waals surface area contributed by atoms with Crippen molar-refractivity contribution in [3.05, 3.63) is 35.7 Å². The molecule has 0 fully saturated rings. The molecule has 2 amide bonds. The van der Waals surface area contributed by atoms with Gasteiger partial charge in [-0.15, -0.1) is 0 Å². The van der Waals surface area contributed by atoms with Crippen molar-refractivity contribution < 1.29 is 9.32 Å². The Morgan fingerprint density at radius 2 is 1.92 bits per heavy atom. The third kappa shape index (κ3) is 4.57. The van der Waals surface area contributed by atoms with Crippen molar-refractivity contribution in [3.8, 4) is 11.4 Å². The maximum absolute atomic E-state index is 11.8. The van der Waals surface area contributed by atoms with Crippen LogP contribution in [0.1, 0.15) is 45.6 Å². The summed E-state index contributed by atoms with van der Waals surface area (Å²) in [7, 11) is 1.70. The van der Waals surface area contributed by atoms with Crippen molar-refractivity contribution in [2.45, 2.75) is 46.1 Å². The number of aromatic nitrogens is 2. The van der Waals surface area contributed by atoms with E-state index in [1.54, 1.807) is 7.05 Å². The molecule has 2 rings (SSSR count). The standard InChI is InChI=1S/C18H26N4O2/c1-6-11-19-17(23)22(5)12-15-20-16(21-24-15)13-7-9-14(10-8-13)18(2,3)4/h7-10H,6,11-12H2,1-5H3,(H,19,23). The molecule has 0 bridgehead atoms. The summed E-state index contributed by atoms with van der Waals surface area (Å²) in [6.07, 6.45) is 0.898. The summed E-state index contributed by atoms with van der Waals surface area (Å²) < 4.78 is 5.26. The zero-order chi connectivity index (χ0) is 17.7. The number of urea groups is 1. The molecular weight excluding hydrogens is 304 g/mol. The van der Waals surface area contributed by atoms with Crippen LogP contribution in [-0.4, -0.2) is 34.7 Å². The Kier molecular flexibility index (Phi) is 5.59. The first-order chi connectivity index (χ1) is 11.3. The van der Waals surface area contributed by atoms with Crippen molar-refractivity contribution in [2.24, 2.45) is 0 Å². The van der Waals surface area contributed by atoms with Gasteiger partial charge in [-0.05, 0) is 17.4 Å². The van der Waals surface area contributed by atoms with Gasteiger partial charge in [-0.1, -0.05) is 57.1 Å². The van der Waals surface area contributed by atoms with E-state index in [4.69, 9.17) is 4.52 Å². The van der Waals surface area contributed by atoms with Crippen LogP contribution >= 0.6 is 0 Å². The van der Waals surface area contributed by atoms with Crippen molar-refractivity contribution in [1.29, 1.82) is 0 Å². The van der Waals surface area contributed by atoms with Gasteiger partial charge in [-0.3, -0.25) is 0 Å². The summed E-state index contributed by atoms with van der Waals surface area (Å²) in [6.45, 7) is 9.46. The number of amides is 2. The highest BCUT2D eigenvalue weighted by atomic mass is 16.5. The quantitative estimate of drug-likeness (QED) is 0.909. The lowest BCUT2D eigenvalue weighted by atomic mass is 9.87. The molecule has 1 heterocycles. The highest BCUT2D eigenvalue weighted by molar-refractivity contribution is 5.73. The van der Waals surface area contributed by atoms with Crippen LogP contribution in [0, 0.1) is 0 Å². The molecule has 6 heteroatoms. The van der Waals surface area contributed by atoms with E-state index in [1.165, 1.54) is 10.5 Å². The molecule has 0 atom stereocenters. The average Bonchev–Trinajstić information content (AvgIpc) is 3.00. The van der Waals surface area contributed by atoms with Crippen LogP contribution in [0.3, 0.4) is 0 Å². The number of hydrogen-bond acceptors (Lipinski definition) is 4. The van der Waals surface area contributed by atoms with Gasteiger partial charge in [0.25, 0.3) is 0 Å². The molecule has 0 aliphatic rings. The first-order valence-electron chi connectivity index (χ1n) is 8.23. The molecule has 1 aromatic carbocycles. The van der Waals surface area contributed by atoms with E-state index in [-0.39, 0.29) is 18.0 Å². The summed E-state index contributed by atoms with van der Waals surface area (Å²) in [4.78, 5) is 17.7. The van der Waals surface area contributed by atoms with E-state index >= 15 is 0 Å². The van der Waals surface area contributed by atoms with Crippen LogP contribution in [0.25, 0.3) is 11.4 Å². The minimum absolute atomic E-state index is 0.107. The summed E-state index contributed by atoms with van der Waals surface area (Å²) in [5.74, 6) is 0.951. The van der Waals surface area contributed by atoms with E-state index in [0.717, 1.165) is 12.0 Å². The monoisotopic (exact) mass is 330 g/mol. The Hall–Kier alpha value is -2.37. The molecule has 0 saturated heterocycles. The summed E-state index contributed by atoms with van der Waals surface area (Å²) in [5, 5.41) is 6.82. The first-order valence-corrected chi connectivity index (χ1v) is 8.23. The molecule has 130 valence electrons. The molecule has 0 saturated carbocycles. The first kappa shape index (κ1) is 18.0. The van der Waals surface area contributed by atoms with Gasteiger partial charge >= 0.3 is 6.03 Å². The SMILES string of the molecule is CCCNC(=O)N(C)Cc1nc(-c2ccc(C(C)(C)C)cc2)no1. The molecule has 0 unspecified atom stereocenters. The van der Waals surface area contributed by atoms with Gasteiger partial charge in [0.15, 0.2) is 0 Å². The van der Waals surface area contributed by atoms with Crippen molar-refractivity contribution in [1.82, 2.24) is 20.4 Å². The fraction of sp³-hybridized carbons (Fsp3) is 0.500. The number of hydrogen-bond donors (Lipinski definition) is 1. The molecule has 0 aliphatic carbocycles. The lowest BCUT2D eigenvalue weighted by molar-refractivity contribution is 0.199. The highest BCUT2D eigenvalue weighted by Gasteiger charge is 2.16. The lowest BCUT2D eigenvalue weighted by Crippen LogP contribution is -2.37. The maximum atomic E-state index is 11.8. The third-order valence-corrected chi connectivity index (χ3v) is 3.72. The van der Waals surface area contributed by atoms with E-state index < -0.39 is 0 Å². The van der Waals surface area contributed by atoms with E-state index in [1.807, 2.05) is 19.1 Å². The fourth-order valence-electron chi connectivity index (χ4n) is 2.20. The predicted molar refractivity (Wildman–Crippen MR) is 93.6 cm³/mol. The second-order valence-electron chi connectivity index (χ2n) is 6.93. The van der Waals surface area contributed by atoms with E-state index in [2.05, 4.69) is 48.4 Å². The number of nitrogens with zero attached hydrogens (tertiary/aromatic N) is 3. The van der Waals surface area contributed by atoms with Gasteiger partial charge in [0.05, 0.1) is 0 Å². The molecule has 0 aliphatic heterocycles. The van der Waals surface area contributed by atoms with Crippen molar-refractivity contribution >= 4 is 6.03 Å². The predicted octanol–water partition coefficient (Wildman–Crippen LogP) is 3.59. The summed E-state index contributed by atoms with van der Waals surface area (Å²) >= 11 is 0. The minimum atomic E-state index is -0.147. The maximum Gasteiger partial charge on any atom is 0.317 e. The smallest absolute Gasteiger partial charge is 0.317 e. The second-order valence-corrected chi connectivity index (χ2v) is 6.93. The van der Waals surface area contributed by atoms with Crippen LogP contribution in [0.5, 0.6) is 0 Å². The zero-order valence-electron chi connectivity index (χ0n) is 15.1. The van der Waals surface area contributed by atoms with Gasteiger partial charge in [0.1, 0.15) is 6.54 Å². The number of nitrogens with one attached hydrogen (secondary N) is 1. The number of carbonyl (C=O) groups excluding carboxylic acids is 1. The van der Waals surface area contributed by atoms with Crippen LogP contribution in [-0.2, 0) is 12.0 Å². The Labute approximate surface area is 143 Å². The van der Waals surface area contributed by atoms with Gasteiger partial charge < -0.3 is 14.7 Å². The topological polar surface area (TPSA) is 71.3 Å². The Morgan fingerprint density at radius 3 is 2.50 bits per heavy atom. The van der Waals surface area contributed by atoms with Crippen LogP contribution < -0.4 is 5.32 Å². The second kappa shape index (κ2) is 7.47. The van der Waals surface area contributed by atoms with Crippen molar-refractivity contribution in [2.75, 3.05) is 13.6 Å². The molecule has 0 radical (unpaired) electrons.